The van der Waals surface area contributed by atoms with Gasteiger partial charge in [-0.05, 0) is 30.4 Å². The van der Waals surface area contributed by atoms with Crippen molar-refractivity contribution in [2.75, 3.05) is 39.3 Å². The number of hydrogen-bond donors (Lipinski definition) is 2. The smallest absolute Gasteiger partial charge is 0.234 e. The lowest BCUT2D eigenvalue weighted by Crippen LogP contribution is -2.49. The molecule has 3 atom stereocenters. The number of carbonyl (C=O) groups is 1. The van der Waals surface area contributed by atoms with E-state index < -0.39 is 0 Å². The van der Waals surface area contributed by atoms with Crippen LogP contribution in [-0.2, 0) is 9.53 Å². The summed E-state index contributed by atoms with van der Waals surface area (Å²) < 4.78 is 5.98. The largest absolute Gasteiger partial charge is 0.376 e. The maximum absolute atomic E-state index is 12.4. The number of nitrogens with one attached hydrogen (secondary N) is 2. The highest BCUT2D eigenvalue weighted by Gasteiger charge is 2.25. The number of piperazine rings is 1. The first-order valence-corrected chi connectivity index (χ1v) is 9.97. The van der Waals surface area contributed by atoms with Gasteiger partial charge in [-0.15, -0.1) is 0 Å². The van der Waals surface area contributed by atoms with Crippen molar-refractivity contribution in [1.82, 2.24) is 20.5 Å². The van der Waals surface area contributed by atoms with Crippen LogP contribution in [0.4, 0.5) is 0 Å². The topological polar surface area (TPSA) is 66.5 Å². The van der Waals surface area contributed by atoms with Crippen LogP contribution in [0, 0.1) is 5.92 Å². The Morgan fingerprint density at radius 2 is 2.31 bits per heavy atom. The maximum Gasteiger partial charge on any atom is 0.234 e. The molecular weight excluding hydrogens is 328 g/mol. The summed E-state index contributed by atoms with van der Waals surface area (Å²) in [6.45, 7) is 6.50. The molecule has 144 valence electrons. The van der Waals surface area contributed by atoms with Crippen molar-refractivity contribution >= 4 is 5.91 Å². The van der Waals surface area contributed by atoms with Gasteiger partial charge < -0.3 is 15.4 Å². The number of carbonyl (C=O) groups excluding carboxylic acids is 1. The van der Waals surface area contributed by atoms with Gasteiger partial charge in [0.25, 0.3) is 0 Å². The molecule has 3 rings (SSSR count). The van der Waals surface area contributed by atoms with Crippen LogP contribution < -0.4 is 10.6 Å². The van der Waals surface area contributed by atoms with Gasteiger partial charge in [0, 0.05) is 44.6 Å². The quantitative estimate of drug-likeness (QED) is 0.725. The molecule has 1 aromatic heterocycles. The fourth-order valence-corrected chi connectivity index (χ4v) is 4.01. The van der Waals surface area contributed by atoms with Crippen LogP contribution in [0.5, 0.6) is 0 Å². The average Bonchev–Trinajstić information content (AvgIpc) is 2.68. The summed E-state index contributed by atoms with van der Waals surface area (Å²) in [6.07, 6.45) is 9.04. The minimum atomic E-state index is 0.0704. The monoisotopic (exact) mass is 360 g/mol. The average molecular weight is 361 g/mol. The van der Waals surface area contributed by atoms with Crippen molar-refractivity contribution in [2.24, 2.45) is 5.92 Å². The maximum atomic E-state index is 12.4. The van der Waals surface area contributed by atoms with Crippen molar-refractivity contribution in [3.63, 3.8) is 0 Å². The van der Waals surface area contributed by atoms with Gasteiger partial charge >= 0.3 is 0 Å². The minimum Gasteiger partial charge on any atom is -0.376 e. The highest BCUT2D eigenvalue weighted by molar-refractivity contribution is 5.78. The summed E-state index contributed by atoms with van der Waals surface area (Å²) in [5, 5.41) is 6.42. The first kappa shape index (κ1) is 19.3. The molecule has 0 spiro atoms. The van der Waals surface area contributed by atoms with Gasteiger partial charge in [-0.2, -0.15) is 0 Å². The zero-order chi connectivity index (χ0) is 18.2. The molecular formula is C20H32N4O2. The van der Waals surface area contributed by atoms with E-state index in [2.05, 4.69) is 33.5 Å². The zero-order valence-corrected chi connectivity index (χ0v) is 15.8. The highest BCUT2D eigenvalue weighted by Crippen LogP contribution is 2.26. The molecule has 1 aromatic rings. The predicted molar refractivity (Wildman–Crippen MR) is 102 cm³/mol. The number of rotatable bonds is 7. The third-order valence-electron chi connectivity index (χ3n) is 5.56. The van der Waals surface area contributed by atoms with Gasteiger partial charge in [0.05, 0.1) is 19.3 Å². The van der Waals surface area contributed by atoms with Crippen LogP contribution >= 0.6 is 0 Å². The molecule has 2 fully saturated rings. The molecule has 1 aliphatic heterocycles. The van der Waals surface area contributed by atoms with E-state index in [0.717, 1.165) is 31.6 Å². The summed E-state index contributed by atoms with van der Waals surface area (Å²) in [5.74, 6) is 0.710. The predicted octanol–water partition coefficient (Wildman–Crippen LogP) is 1.74. The Morgan fingerprint density at radius 3 is 3.12 bits per heavy atom. The molecule has 0 radical (unpaired) electrons. The van der Waals surface area contributed by atoms with E-state index in [9.17, 15) is 4.79 Å². The SMILES string of the molecule is CC1CCCCC1OCCNC(=O)CN1CCNCC1c1cccnc1. The van der Waals surface area contributed by atoms with E-state index in [0.29, 0.717) is 31.7 Å². The number of aromatic nitrogens is 1. The van der Waals surface area contributed by atoms with Gasteiger partial charge in [0.2, 0.25) is 5.91 Å². The number of pyridine rings is 1. The second-order valence-electron chi connectivity index (χ2n) is 7.50. The van der Waals surface area contributed by atoms with Crippen LogP contribution in [-0.4, -0.2) is 61.2 Å². The molecule has 2 heterocycles. The van der Waals surface area contributed by atoms with Crippen molar-refractivity contribution in [3.05, 3.63) is 30.1 Å². The molecule has 1 amide bonds. The number of ether oxygens (including phenoxy) is 1. The number of hydrogen-bond acceptors (Lipinski definition) is 5. The van der Waals surface area contributed by atoms with Crippen molar-refractivity contribution < 1.29 is 9.53 Å². The van der Waals surface area contributed by atoms with E-state index in [4.69, 9.17) is 4.74 Å². The third-order valence-corrected chi connectivity index (χ3v) is 5.56. The summed E-state index contributed by atoms with van der Waals surface area (Å²) in [4.78, 5) is 18.8. The van der Waals surface area contributed by atoms with Gasteiger partial charge in [0.1, 0.15) is 0 Å². The molecule has 26 heavy (non-hydrogen) atoms. The molecule has 2 aliphatic rings. The van der Waals surface area contributed by atoms with E-state index in [1.165, 1.54) is 19.3 Å². The van der Waals surface area contributed by atoms with E-state index in [1.807, 2.05) is 12.3 Å². The molecule has 1 saturated heterocycles. The number of amides is 1. The Labute approximate surface area is 156 Å². The van der Waals surface area contributed by atoms with Crippen LogP contribution in [0.1, 0.15) is 44.2 Å². The molecule has 0 aromatic carbocycles. The molecule has 0 bridgehead atoms. The lowest BCUT2D eigenvalue weighted by molar-refractivity contribution is -0.123. The van der Waals surface area contributed by atoms with Crippen molar-refractivity contribution in [2.45, 2.75) is 44.8 Å². The Balaban J connectivity index is 1.40. The van der Waals surface area contributed by atoms with Crippen molar-refractivity contribution in [3.8, 4) is 0 Å². The third kappa shape index (κ3) is 5.50. The second kappa shape index (κ2) is 10.00. The van der Waals surface area contributed by atoms with Crippen LogP contribution in [0.15, 0.2) is 24.5 Å². The minimum absolute atomic E-state index is 0.0704. The van der Waals surface area contributed by atoms with Gasteiger partial charge in [-0.25, -0.2) is 0 Å². The normalized spacial score (nSPS) is 27.2. The van der Waals surface area contributed by atoms with E-state index in [1.54, 1.807) is 6.20 Å². The van der Waals surface area contributed by atoms with E-state index >= 15 is 0 Å². The Kier molecular flexibility index (Phi) is 7.41. The lowest BCUT2D eigenvalue weighted by atomic mass is 9.88. The molecule has 6 heteroatoms. The fraction of sp³-hybridized carbons (Fsp3) is 0.700. The highest BCUT2D eigenvalue weighted by atomic mass is 16.5. The Bertz CT molecular complexity index is 554. The van der Waals surface area contributed by atoms with Gasteiger partial charge in [-0.3, -0.25) is 14.7 Å². The fourth-order valence-electron chi connectivity index (χ4n) is 4.01. The Hall–Kier alpha value is -1.50. The molecule has 6 nitrogen and oxygen atoms in total. The van der Waals surface area contributed by atoms with E-state index in [-0.39, 0.29) is 11.9 Å². The summed E-state index contributed by atoms with van der Waals surface area (Å²) in [5.41, 5.74) is 1.15. The number of nitrogens with zero attached hydrogens (tertiary/aromatic N) is 2. The Morgan fingerprint density at radius 1 is 1.42 bits per heavy atom. The molecule has 3 unspecified atom stereocenters. The second-order valence-corrected chi connectivity index (χ2v) is 7.50. The van der Waals surface area contributed by atoms with Crippen LogP contribution in [0.3, 0.4) is 0 Å². The molecule has 1 saturated carbocycles. The van der Waals surface area contributed by atoms with Crippen molar-refractivity contribution in [1.29, 1.82) is 0 Å². The first-order chi connectivity index (χ1) is 12.7. The first-order valence-electron chi connectivity index (χ1n) is 9.97. The van der Waals surface area contributed by atoms with Crippen LogP contribution in [0.25, 0.3) is 0 Å². The van der Waals surface area contributed by atoms with Crippen LogP contribution in [0.2, 0.25) is 0 Å². The molecule has 1 aliphatic carbocycles. The zero-order valence-electron chi connectivity index (χ0n) is 15.8. The van der Waals surface area contributed by atoms with Gasteiger partial charge in [-0.1, -0.05) is 25.8 Å². The lowest BCUT2D eigenvalue weighted by Gasteiger charge is -2.35. The summed E-state index contributed by atoms with van der Waals surface area (Å²) in [7, 11) is 0. The standard InChI is InChI=1S/C20H32N4O2/c1-16-5-2-3-7-19(16)26-12-10-23-20(25)15-24-11-9-22-14-18(24)17-6-4-8-21-13-17/h4,6,8,13,16,18-19,22H,2-3,5,7,9-12,14-15H2,1H3,(H,23,25). The summed E-state index contributed by atoms with van der Waals surface area (Å²) >= 11 is 0. The van der Waals surface area contributed by atoms with Gasteiger partial charge in [0.15, 0.2) is 0 Å². The summed E-state index contributed by atoms with van der Waals surface area (Å²) in [6, 6.07) is 4.23. The molecule has 2 N–H and O–H groups in total.